The van der Waals surface area contributed by atoms with Gasteiger partial charge in [-0.05, 0) is 41.3 Å². The molecule has 0 aliphatic heterocycles. The maximum absolute atomic E-state index is 11.4. The summed E-state index contributed by atoms with van der Waals surface area (Å²) in [6.07, 6.45) is 3.93. The van der Waals surface area contributed by atoms with Crippen LogP contribution in [0.5, 0.6) is 0 Å². The third kappa shape index (κ3) is 3.09. The van der Waals surface area contributed by atoms with E-state index in [1.54, 1.807) is 17.4 Å². The fourth-order valence-electron chi connectivity index (χ4n) is 2.24. The van der Waals surface area contributed by atoms with E-state index in [2.05, 4.69) is 27.2 Å². The minimum atomic E-state index is -0.323. The Morgan fingerprint density at radius 2 is 2.35 bits per heavy atom. The first kappa shape index (κ1) is 13.4. The Balaban J connectivity index is 1.67. The molecule has 0 radical (unpaired) electrons. The number of hydrazine groups is 1. The molecule has 0 spiro atoms. The molecular formula is C14H17N3O2S. The Kier molecular flexibility index (Phi) is 3.86. The molecule has 3 rings (SSSR count). The van der Waals surface area contributed by atoms with Crippen molar-refractivity contribution in [3.8, 4) is 0 Å². The van der Waals surface area contributed by atoms with Crippen LogP contribution in [0.25, 0.3) is 0 Å². The molecular weight excluding hydrogens is 274 g/mol. The van der Waals surface area contributed by atoms with Crippen molar-refractivity contribution >= 4 is 17.2 Å². The number of thiophene rings is 1. The molecule has 1 fully saturated rings. The lowest BCUT2D eigenvalue weighted by Crippen LogP contribution is -2.29. The summed E-state index contributed by atoms with van der Waals surface area (Å²) in [5, 5.41) is 4.27. The van der Waals surface area contributed by atoms with Crippen molar-refractivity contribution in [2.45, 2.75) is 32.0 Å². The van der Waals surface area contributed by atoms with E-state index in [1.165, 1.54) is 24.7 Å². The number of nitrogens with two attached hydrogens (primary N) is 1. The molecule has 0 unspecified atom stereocenters. The van der Waals surface area contributed by atoms with Crippen LogP contribution in [0.1, 0.15) is 34.5 Å². The molecule has 106 valence electrons. The first-order valence-electron chi connectivity index (χ1n) is 6.59. The molecule has 0 atom stereocenters. The first-order valence-corrected chi connectivity index (χ1v) is 7.54. The molecule has 1 saturated carbocycles. The summed E-state index contributed by atoms with van der Waals surface area (Å²) in [7, 11) is 0. The monoisotopic (exact) mass is 291 g/mol. The fourth-order valence-corrected chi connectivity index (χ4v) is 2.90. The number of carbonyl (C=O) groups is 1. The summed E-state index contributed by atoms with van der Waals surface area (Å²) in [5.41, 5.74) is 3.90. The van der Waals surface area contributed by atoms with Gasteiger partial charge in [-0.3, -0.25) is 15.1 Å². The van der Waals surface area contributed by atoms with Crippen LogP contribution >= 0.6 is 11.3 Å². The molecule has 1 aliphatic carbocycles. The van der Waals surface area contributed by atoms with Gasteiger partial charge in [0.25, 0.3) is 5.91 Å². The molecule has 5 nitrogen and oxygen atoms in total. The Labute approximate surface area is 121 Å². The largest absolute Gasteiger partial charge is 0.467 e. The maximum atomic E-state index is 11.4. The summed E-state index contributed by atoms with van der Waals surface area (Å²) < 4.78 is 5.46. The molecule has 3 N–H and O–H groups in total. The lowest BCUT2D eigenvalue weighted by molar-refractivity contribution is 0.0953. The minimum Gasteiger partial charge on any atom is -0.467 e. The number of nitrogens with zero attached hydrogens (tertiary/aromatic N) is 1. The van der Waals surface area contributed by atoms with E-state index in [0.29, 0.717) is 11.6 Å². The van der Waals surface area contributed by atoms with Crippen molar-refractivity contribution < 1.29 is 9.21 Å². The maximum Gasteiger partial charge on any atom is 0.268 e. The Morgan fingerprint density at radius 1 is 1.50 bits per heavy atom. The second-order valence-electron chi connectivity index (χ2n) is 5.04. The Hall–Kier alpha value is -1.63. The van der Waals surface area contributed by atoms with Crippen molar-refractivity contribution in [3.05, 3.63) is 46.0 Å². The van der Waals surface area contributed by atoms with E-state index in [9.17, 15) is 4.79 Å². The predicted molar refractivity (Wildman–Crippen MR) is 76.9 cm³/mol. The highest BCUT2D eigenvalue weighted by Gasteiger charge is 2.29. The molecule has 2 aromatic heterocycles. The van der Waals surface area contributed by atoms with Crippen molar-refractivity contribution in [2.75, 3.05) is 0 Å². The molecule has 2 heterocycles. The zero-order valence-corrected chi connectivity index (χ0v) is 11.9. The van der Waals surface area contributed by atoms with Crippen LogP contribution in [0.2, 0.25) is 0 Å². The topological polar surface area (TPSA) is 71.5 Å². The van der Waals surface area contributed by atoms with E-state index in [0.717, 1.165) is 18.8 Å². The summed E-state index contributed by atoms with van der Waals surface area (Å²) in [6.45, 7) is 1.64. The fraction of sp³-hybridized carbons (Fsp3) is 0.357. The number of hydrogen-bond donors (Lipinski definition) is 2. The summed E-state index contributed by atoms with van der Waals surface area (Å²) in [6, 6.07) is 4.53. The van der Waals surface area contributed by atoms with Crippen molar-refractivity contribution in [2.24, 2.45) is 5.84 Å². The quantitative estimate of drug-likeness (QED) is 0.486. The third-order valence-electron chi connectivity index (χ3n) is 3.44. The van der Waals surface area contributed by atoms with E-state index in [1.807, 2.05) is 0 Å². The smallest absolute Gasteiger partial charge is 0.268 e. The molecule has 6 heteroatoms. The van der Waals surface area contributed by atoms with Crippen molar-refractivity contribution in [1.29, 1.82) is 0 Å². The number of nitrogen functional groups attached to an aromatic ring is 1. The normalized spacial score (nSPS) is 14.7. The summed E-state index contributed by atoms with van der Waals surface area (Å²) in [4.78, 5) is 13.8. The Morgan fingerprint density at radius 3 is 3.00 bits per heavy atom. The number of hydrogen-bond acceptors (Lipinski definition) is 5. The third-order valence-corrected chi connectivity index (χ3v) is 4.17. The van der Waals surface area contributed by atoms with Gasteiger partial charge in [-0.15, -0.1) is 0 Å². The van der Waals surface area contributed by atoms with Gasteiger partial charge in [0.05, 0.1) is 12.1 Å². The minimum absolute atomic E-state index is 0.323. The highest BCUT2D eigenvalue weighted by molar-refractivity contribution is 7.07. The van der Waals surface area contributed by atoms with Gasteiger partial charge in [-0.2, -0.15) is 11.3 Å². The van der Waals surface area contributed by atoms with Crippen LogP contribution in [0, 0.1) is 0 Å². The second kappa shape index (κ2) is 5.78. The molecule has 0 saturated heterocycles. The van der Waals surface area contributed by atoms with Gasteiger partial charge in [0.2, 0.25) is 0 Å². The summed E-state index contributed by atoms with van der Waals surface area (Å²) >= 11 is 1.71. The van der Waals surface area contributed by atoms with Gasteiger partial charge >= 0.3 is 0 Å². The van der Waals surface area contributed by atoms with Crippen LogP contribution in [0.3, 0.4) is 0 Å². The second-order valence-corrected chi connectivity index (χ2v) is 5.82. The number of amides is 1. The Bertz CT molecular complexity index is 575. The van der Waals surface area contributed by atoms with Crippen molar-refractivity contribution in [1.82, 2.24) is 10.3 Å². The van der Waals surface area contributed by atoms with Crippen LogP contribution in [0.4, 0.5) is 0 Å². The molecule has 20 heavy (non-hydrogen) atoms. The van der Waals surface area contributed by atoms with Crippen LogP contribution in [-0.2, 0) is 13.1 Å². The van der Waals surface area contributed by atoms with E-state index >= 15 is 0 Å². The number of rotatable bonds is 6. The van der Waals surface area contributed by atoms with E-state index in [4.69, 9.17) is 10.3 Å². The van der Waals surface area contributed by atoms with E-state index < -0.39 is 0 Å². The van der Waals surface area contributed by atoms with Gasteiger partial charge in [-0.1, -0.05) is 0 Å². The first-order chi connectivity index (χ1) is 9.76. The predicted octanol–water partition coefficient (Wildman–Crippen LogP) is 2.11. The zero-order valence-electron chi connectivity index (χ0n) is 11.0. The van der Waals surface area contributed by atoms with Gasteiger partial charge in [0, 0.05) is 12.6 Å². The SMILES string of the molecule is NNC(=O)c1coc(CN(Cc2ccsc2)C2CC2)c1. The van der Waals surface area contributed by atoms with Crippen LogP contribution < -0.4 is 11.3 Å². The average molecular weight is 291 g/mol. The molecule has 0 bridgehead atoms. The highest BCUT2D eigenvalue weighted by Crippen LogP contribution is 2.30. The zero-order chi connectivity index (χ0) is 13.9. The lowest BCUT2D eigenvalue weighted by Gasteiger charge is -2.19. The van der Waals surface area contributed by atoms with Gasteiger partial charge < -0.3 is 4.42 Å². The summed E-state index contributed by atoms with van der Waals surface area (Å²) in [5.74, 6) is 5.59. The number of carbonyl (C=O) groups excluding carboxylic acids is 1. The van der Waals surface area contributed by atoms with Gasteiger partial charge in [0.1, 0.15) is 12.0 Å². The van der Waals surface area contributed by atoms with Gasteiger partial charge in [0.15, 0.2) is 0 Å². The molecule has 1 amide bonds. The lowest BCUT2D eigenvalue weighted by atomic mass is 10.2. The highest BCUT2D eigenvalue weighted by atomic mass is 32.1. The molecule has 0 aromatic carbocycles. The van der Waals surface area contributed by atoms with Gasteiger partial charge in [-0.25, -0.2) is 5.84 Å². The molecule has 1 aliphatic rings. The average Bonchev–Trinajstić information content (AvgIpc) is 2.99. The number of nitrogens with one attached hydrogen (secondary N) is 1. The number of furan rings is 1. The van der Waals surface area contributed by atoms with E-state index in [-0.39, 0.29) is 5.91 Å². The van der Waals surface area contributed by atoms with Crippen LogP contribution in [-0.4, -0.2) is 16.8 Å². The molecule has 2 aromatic rings. The van der Waals surface area contributed by atoms with Crippen LogP contribution in [0.15, 0.2) is 33.6 Å². The standard InChI is InChI=1S/C14H17N3O2S/c15-16-14(18)11-5-13(19-8-11)7-17(12-1-2-12)6-10-3-4-20-9-10/h3-5,8-9,12H,1-2,6-7,15H2,(H,16,18). The van der Waals surface area contributed by atoms with Crippen molar-refractivity contribution in [3.63, 3.8) is 0 Å².